The van der Waals surface area contributed by atoms with Crippen LogP contribution in [0.5, 0.6) is 11.5 Å². The Labute approximate surface area is 167 Å². The number of carbonyl (C=O) groups is 1. The average molecular weight is 391 g/mol. The van der Waals surface area contributed by atoms with Gasteiger partial charge in [-0.25, -0.2) is 0 Å². The SMILES string of the molecule is CCCCCOc1ccc(C2NC(=S)N(C)C(C)=C2C(C)=O)cc1OCC. The molecule has 148 valence electrons. The predicted molar refractivity (Wildman–Crippen MR) is 112 cm³/mol. The Hall–Kier alpha value is -2.08. The van der Waals surface area contributed by atoms with Gasteiger partial charge < -0.3 is 19.7 Å². The third-order valence-corrected chi connectivity index (χ3v) is 5.13. The first-order chi connectivity index (χ1) is 12.9. The van der Waals surface area contributed by atoms with Gasteiger partial charge in [0.15, 0.2) is 22.4 Å². The number of hydrogen-bond acceptors (Lipinski definition) is 4. The first kappa shape index (κ1) is 21.2. The van der Waals surface area contributed by atoms with Crippen molar-refractivity contribution in [3.63, 3.8) is 0 Å². The van der Waals surface area contributed by atoms with E-state index in [1.807, 2.05) is 44.0 Å². The molecule has 0 amide bonds. The van der Waals surface area contributed by atoms with Crippen LogP contribution in [0.15, 0.2) is 29.5 Å². The van der Waals surface area contributed by atoms with Gasteiger partial charge in [-0.3, -0.25) is 4.79 Å². The Kier molecular flexibility index (Phi) is 7.66. The molecular formula is C21H30N2O3S. The van der Waals surface area contributed by atoms with Gasteiger partial charge in [0.1, 0.15) is 0 Å². The van der Waals surface area contributed by atoms with Crippen molar-refractivity contribution in [2.24, 2.45) is 0 Å². The maximum Gasteiger partial charge on any atom is 0.173 e. The summed E-state index contributed by atoms with van der Waals surface area (Å²) in [5.74, 6) is 1.45. The van der Waals surface area contributed by atoms with Crippen LogP contribution in [-0.4, -0.2) is 36.1 Å². The van der Waals surface area contributed by atoms with E-state index in [-0.39, 0.29) is 11.8 Å². The lowest BCUT2D eigenvalue weighted by atomic mass is 9.92. The number of benzene rings is 1. The van der Waals surface area contributed by atoms with Crippen molar-refractivity contribution in [2.45, 2.75) is 53.0 Å². The number of rotatable bonds is 9. The van der Waals surface area contributed by atoms with Gasteiger partial charge in [0, 0.05) is 18.3 Å². The van der Waals surface area contributed by atoms with Gasteiger partial charge >= 0.3 is 0 Å². The molecule has 2 rings (SSSR count). The van der Waals surface area contributed by atoms with E-state index in [9.17, 15) is 4.79 Å². The minimum atomic E-state index is -0.292. The largest absolute Gasteiger partial charge is 0.490 e. The van der Waals surface area contributed by atoms with E-state index in [0.29, 0.717) is 29.6 Å². The van der Waals surface area contributed by atoms with Crippen molar-refractivity contribution in [1.82, 2.24) is 10.2 Å². The molecular weight excluding hydrogens is 360 g/mol. The molecule has 1 aliphatic rings. The number of unbranched alkanes of at least 4 members (excludes halogenated alkanes) is 2. The summed E-state index contributed by atoms with van der Waals surface area (Å²) in [6.45, 7) is 8.84. The molecule has 0 fully saturated rings. The standard InChI is InChI=1S/C21H30N2O3S/c1-6-8-9-12-26-17-11-10-16(13-18(17)25-7-2)20-19(15(4)24)14(3)23(5)21(27)22-20/h10-11,13,20H,6-9,12H2,1-5H3,(H,22,27). The van der Waals surface area contributed by atoms with Crippen molar-refractivity contribution in [2.75, 3.05) is 20.3 Å². The number of Topliss-reactive ketones (excluding diaryl/α,β-unsaturated/α-hetero) is 1. The zero-order chi connectivity index (χ0) is 20.0. The fraction of sp³-hybridized carbons (Fsp3) is 0.524. The van der Waals surface area contributed by atoms with Gasteiger partial charge in [0.05, 0.1) is 19.3 Å². The maximum absolute atomic E-state index is 12.3. The topological polar surface area (TPSA) is 50.8 Å². The zero-order valence-corrected chi connectivity index (χ0v) is 17.7. The maximum atomic E-state index is 12.3. The summed E-state index contributed by atoms with van der Waals surface area (Å²) in [4.78, 5) is 14.1. The van der Waals surface area contributed by atoms with Crippen molar-refractivity contribution in [3.8, 4) is 11.5 Å². The lowest BCUT2D eigenvalue weighted by Crippen LogP contribution is -2.45. The molecule has 0 aromatic heterocycles. The van der Waals surface area contributed by atoms with E-state index in [4.69, 9.17) is 21.7 Å². The van der Waals surface area contributed by atoms with Gasteiger partial charge in [-0.2, -0.15) is 0 Å². The minimum Gasteiger partial charge on any atom is -0.490 e. The second kappa shape index (κ2) is 9.74. The molecule has 0 saturated heterocycles. The molecule has 27 heavy (non-hydrogen) atoms. The van der Waals surface area contributed by atoms with Crippen LogP contribution in [0.2, 0.25) is 0 Å². The quantitative estimate of drug-likeness (QED) is 0.499. The summed E-state index contributed by atoms with van der Waals surface area (Å²) in [7, 11) is 1.86. The van der Waals surface area contributed by atoms with Crippen LogP contribution < -0.4 is 14.8 Å². The molecule has 1 aromatic carbocycles. The van der Waals surface area contributed by atoms with Crippen LogP contribution >= 0.6 is 12.2 Å². The first-order valence-corrected chi connectivity index (χ1v) is 9.96. The van der Waals surface area contributed by atoms with Crippen molar-refractivity contribution < 1.29 is 14.3 Å². The van der Waals surface area contributed by atoms with E-state index >= 15 is 0 Å². The number of nitrogens with zero attached hydrogens (tertiary/aromatic N) is 1. The van der Waals surface area contributed by atoms with Crippen LogP contribution in [0.25, 0.3) is 0 Å². The van der Waals surface area contributed by atoms with Crippen LogP contribution in [0.1, 0.15) is 58.6 Å². The smallest absolute Gasteiger partial charge is 0.173 e. The lowest BCUT2D eigenvalue weighted by Gasteiger charge is -2.35. The number of nitrogens with one attached hydrogen (secondary N) is 1. The Morgan fingerprint density at radius 2 is 1.96 bits per heavy atom. The number of allylic oxidation sites excluding steroid dienone is 1. The predicted octanol–water partition coefficient (Wildman–Crippen LogP) is 4.38. The summed E-state index contributed by atoms with van der Waals surface area (Å²) < 4.78 is 11.7. The van der Waals surface area contributed by atoms with Crippen LogP contribution in [0.4, 0.5) is 0 Å². The molecule has 1 N–H and O–H groups in total. The fourth-order valence-corrected chi connectivity index (χ4v) is 3.42. The highest BCUT2D eigenvalue weighted by Crippen LogP contribution is 2.36. The average Bonchev–Trinajstić information content (AvgIpc) is 2.63. The molecule has 0 aliphatic carbocycles. The van der Waals surface area contributed by atoms with Gasteiger partial charge in [0.2, 0.25) is 0 Å². The summed E-state index contributed by atoms with van der Waals surface area (Å²) >= 11 is 5.43. The molecule has 0 bridgehead atoms. The zero-order valence-electron chi connectivity index (χ0n) is 16.9. The molecule has 1 aliphatic heterocycles. The highest BCUT2D eigenvalue weighted by atomic mass is 32.1. The van der Waals surface area contributed by atoms with E-state index in [1.165, 1.54) is 0 Å². The molecule has 1 atom stereocenters. The highest BCUT2D eigenvalue weighted by Gasteiger charge is 2.31. The Balaban J connectivity index is 2.35. The summed E-state index contributed by atoms with van der Waals surface area (Å²) in [5, 5.41) is 3.87. The van der Waals surface area contributed by atoms with Gasteiger partial charge in [-0.1, -0.05) is 25.8 Å². The highest BCUT2D eigenvalue weighted by molar-refractivity contribution is 7.80. The molecule has 0 radical (unpaired) electrons. The normalized spacial score (nSPS) is 17.0. The van der Waals surface area contributed by atoms with Crippen molar-refractivity contribution >= 4 is 23.1 Å². The third-order valence-electron chi connectivity index (χ3n) is 4.74. The molecule has 6 heteroatoms. The van der Waals surface area contributed by atoms with E-state index < -0.39 is 0 Å². The fourth-order valence-electron chi connectivity index (χ4n) is 3.17. The minimum absolute atomic E-state index is 0.0252. The molecule has 1 unspecified atom stereocenters. The Morgan fingerprint density at radius 1 is 1.22 bits per heavy atom. The number of carbonyl (C=O) groups excluding carboxylic acids is 1. The van der Waals surface area contributed by atoms with Crippen LogP contribution in [0.3, 0.4) is 0 Å². The first-order valence-electron chi connectivity index (χ1n) is 9.56. The van der Waals surface area contributed by atoms with Crippen LogP contribution in [-0.2, 0) is 4.79 Å². The molecule has 5 nitrogen and oxygen atoms in total. The van der Waals surface area contributed by atoms with Crippen LogP contribution in [0, 0.1) is 0 Å². The number of ketones is 1. The summed E-state index contributed by atoms with van der Waals surface area (Å²) in [6, 6.07) is 5.54. The van der Waals surface area contributed by atoms with E-state index in [1.54, 1.807) is 6.92 Å². The van der Waals surface area contributed by atoms with E-state index in [2.05, 4.69) is 12.2 Å². The summed E-state index contributed by atoms with van der Waals surface area (Å²) in [6.07, 6.45) is 3.32. The van der Waals surface area contributed by atoms with Gasteiger partial charge in [0.25, 0.3) is 0 Å². The third kappa shape index (κ3) is 5.01. The Bertz CT molecular complexity index is 730. The van der Waals surface area contributed by atoms with Gasteiger partial charge in [-0.05, 0) is 57.1 Å². The number of hydrogen-bond donors (Lipinski definition) is 1. The summed E-state index contributed by atoms with van der Waals surface area (Å²) in [5.41, 5.74) is 2.51. The lowest BCUT2D eigenvalue weighted by molar-refractivity contribution is -0.114. The monoisotopic (exact) mass is 390 g/mol. The second-order valence-corrected chi connectivity index (χ2v) is 7.08. The molecule has 0 spiro atoms. The number of thiocarbonyl (C=S) groups is 1. The molecule has 0 saturated carbocycles. The number of ether oxygens (including phenoxy) is 2. The van der Waals surface area contributed by atoms with E-state index in [0.717, 1.165) is 36.3 Å². The molecule has 1 aromatic rings. The van der Waals surface area contributed by atoms with Crippen molar-refractivity contribution in [3.05, 3.63) is 35.0 Å². The Morgan fingerprint density at radius 3 is 2.59 bits per heavy atom. The second-order valence-electron chi connectivity index (χ2n) is 6.69. The van der Waals surface area contributed by atoms with Crippen molar-refractivity contribution in [1.29, 1.82) is 0 Å². The molecule has 1 heterocycles. The van der Waals surface area contributed by atoms with Gasteiger partial charge in [-0.15, -0.1) is 0 Å².